The monoisotopic (exact) mass is 244 g/mol. The Labute approximate surface area is 99.8 Å². The average Bonchev–Trinajstić information content (AvgIpc) is 2.14. The lowest BCUT2D eigenvalue weighted by Crippen LogP contribution is -2.34. The Kier molecular flexibility index (Phi) is 3.62. The van der Waals surface area contributed by atoms with Gasteiger partial charge in [-0.15, -0.1) is 0 Å². The predicted molar refractivity (Wildman–Crippen MR) is 63.6 cm³/mol. The predicted octanol–water partition coefficient (Wildman–Crippen LogP) is 2.82. The number of hydrogen-bond acceptors (Lipinski definition) is 1. The number of halogens is 3. The van der Waals surface area contributed by atoms with E-state index in [1.807, 2.05) is 20.8 Å². The highest BCUT2D eigenvalue weighted by Gasteiger charge is 2.36. The van der Waals surface area contributed by atoms with Gasteiger partial charge in [0.15, 0.2) is 0 Å². The van der Waals surface area contributed by atoms with E-state index in [2.05, 4.69) is 0 Å². The van der Waals surface area contributed by atoms with Crippen LogP contribution in [0.2, 0.25) is 6.82 Å². The molecule has 17 heavy (non-hydrogen) atoms. The minimum atomic E-state index is -4.44. The van der Waals surface area contributed by atoms with Crippen LogP contribution in [0, 0.1) is 0 Å². The van der Waals surface area contributed by atoms with E-state index in [0.717, 1.165) is 6.07 Å². The summed E-state index contributed by atoms with van der Waals surface area (Å²) in [5.41, 5.74) is -0.573. The second kappa shape index (κ2) is 4.37. The molecule has 0 aliphatic heterocycles. The highest BCUT2D eigenvalue weighted by molar-refractivity contribution is 6.65. The molecule has 94 valence electrons. The molecule has 0 radical (unpaired) electrons. The van der Waals surface area contributed by atoms with Gasteiger partial charge in [-0.05, 0) is 22.5 Å². The van der Waals surface area contributed by atoms with Gasteiger partial charge in [0.25, 0.3) is 0 Å². The van der Waals surface area contributed by atoms with Crippen LogP contribution in [-0.4, -0.2) is 11.9 Å². The molecule has 0 unspecified atom stereocenters. The summed E-state index contributed by atoms with van der Waals surface area (Å²) in [6.45, 7) is 5.77. The van der Waals surface area contributed by atoms with Gasteiger partial charge in [-0.1, -0.05) is 39.7 Å². The maximum Gasteiger partial charge on any atom is 0.416 e. The van der Waals surface area contributed by atoms with Gasteiger partial charge in [0.1, 0.15) is 0 Å². The number of hydrogen-bond donors (Lipinski definition) is 1. The topological polar surface area (TPSA) is 20.2 Å². The van der Waals surface area contributed by atoms with Gasteiger partial charge in [-0.3, -0.25) is 0 Å². The lowest BCUT2D eigenvalue weighted by molar-refractivity contribution is -0.136. The molecule has 0 fully saturated rings. The molecule has 0 saturated carbocycles. The fourth-order valence-corrected chi connectivity index (χ4v) is 1.63. The molecule has 0 bridgehead atoms. The first-order valence-corrected chi connectivity index (χ1v) is 5.43. The smallest absolute Gasteiger partial charge is 0.416 e. The van der Waals surface area contributed by atoms with Crippen LogP contribution in [0.4, 0.5) is 13.2 Å². The average molecular weight is 244 g/mol. The Balaban J connectivity index is 3.41. The summed E-state index contributed by atoms with van der Waals surface area (Å²) in [5.74, 6) is 0. The van der Waals surface area contributed by atoms with Crippen LogP contribution in [0.15, 0.2) is 18.2 Å². The van der Waals surface area contributed by atoms with Gasteiger partial charge in [-0.2, -0.15) is 13.2 Å². The van der Waals surface area contributed by atoms with E-state index >= 15 is 0 Å². The fourth-order valence-electron chi connectivity index (χ4n) is 1.63. The van der Waals surface area contributed by atoms with Gasteiger partial charge >= 0.3 is 13.1 Å². The Hall–Kier alpha value is -0.965. The van der Waals surface area contributed by atoms with Crippen LogP contribution in [0.3, 0.4) is 0 Å². The first kappa shape index (κ1) is 14.1. The largest absolute Gasteiger partial charge is 0.446 e. The lowest BCUT2D eigenvalue weighted by Gasteiger charge is -2.22. The minimum absolute atomic E-state index is 0.0782. The van der Waals surface area contributed by atoms with E-state index in [9.17, 15) is 18.2 Å². The molecular weight excluding hydrogens is 228 g/mol. The van der Waals surface area contributed by atoms with Gasteiger partial charge < -0.3 is 5.02 Å². The first-order valence-electron chi connectivity index (χ1n) is 5.43. The molecule has 0 saturated heterocycles. The van der Waals surface area contributed by atoms with Crippen molar-refractivity contribution in [2.75, 3.05) is 0 Å². The zero-order valence-electron chi connectivity index (χ0n) is 10.4. The Morgan fingerprint density at radius 2 is 1.65 bits per heavy atom. The zero-order chi connectivity index (χ0) is 13.4. The number of benzene rings is 1. The highest BCUT2D eigenvalue weighted by Crippen LogP contribution is 2.31. The molecule has 0 heterocycles. The van der Waals surface area contributed by atoms with Crippen molar-refractivity contribution in [3.05, 3.63) is 29.3 Å². The molecule has 0 atom stereocenters. The van der Waals surface area contributed by atoms with E-state index in [-0.39, 0.29) is 10.9 Å². The summed E-state index contributed by atoms with van der Waals surface area (Å²) in [6.07, 6.45) is -4.44. The summed E-state index contributed by atoms with van der Waals surface area (Å²) >= 11 is 0. The third-order valence-corrected chi connectivity index (χ3v) is 2.67. The van der Waals surface area contributed by atoms with Crippen LogP contribution in [-0.2, 0) is 11.6 Å². The van der Waals surface area contributed by atoms with Crippen LogP contribution < -0.4 is 5.46 Å². The van der Waals surface area contributed by atoms with Crippen molar-refractivity contribution in [2.45, 2.75) is 39.2 Å². The van der Waals surface area contributed by atoms with Crippen molar-refractivity contribution in [3.8, 4) is 0 Å². The summed E-state index contributed by atoms with van der Waals surface area (Å²) < 4.78 is 38.6. The van der Waals surface area contributed by atoms with Crippen LogP contribution in [0.5, 0.6) is 0 Å². The second-order valence-corrected chi connectivity index (χ2v) is 5.23. The van der Waals surface area contributed by atoms with Crippen molar-refractivity contribution < 1.29 is 18.2 Å². The van der Waals surface area contributed by atoms with Gasteiger partial charge in [-0.25, -0.2) is 0 Å². The summed E-state index contributed by atoms with van der Waals surface area (Å²) in [4.78, 5) is 0. The normalized spacial score (nSPS) is 12.7. The molecule has 1 aromatic carbocycles. The van der Waals surface area contributed by atoms with E-state index in [1.54, 1.807) is 6.07 Å². The molecule has 1 rings (SSSR count). The third-order valence-electron chi connectivity index (χ3n) is 2.67. The molecule has 0 amide bonds. The summed E-state index contributed by atoms with van der Waals surface area (Å²) in [6, 6.07) is 4.12. The Morgan fingerprint density at radius 3 is 2.00 bits per heavy atom. The van der Waals surface area contributed by atoms with Gasteiger partial charge in [0, 0.05) is 0 Å². The Bertz CT molecular complexity index is 405. The molecule has 0 aromatic heterocycles. The SMILES string of the molecule is CB(O)c1ccc(C(C)(C)C)cc1C(F)(F)F. The van der Waals surface area contributed by atoms with Gasteiger partial charge in [0.2, 0.25) is 0 Å². The maximum absolute atomic E-state index is 12.9. The minimum Gasteiger partial charge on any atom is -0.446 e. The van der Waals surface area contributed by atoms with Crippen molar-refractivity contribution in [1.82, 2.24) is 0 Å². The fraction of sp³-hybridized carbons (Fsp3) is 0.500. The molecule has 0 aliphatic carbocycles. The van der Waals surface area contributed by atoms with Crippen LogP contribution >= 0.6 is 0 Å². The zero-order valence-corrected chi connectivity index (χ0v) is 10.4. The van der Waals surface area contributed by atoms with Crippen LogP contribution in [0.25, 0.3) is 0 Å². The quantitative estimate of drug-likeness (QED) is 0.753. The Morgan fingerprint density at radius 1 is 1.12 bits per heavy atom. The van der Waals surface area contributed by atoms with Crippen molar-refractivity contribution in [2.24, 2.45) is 0 Å². The number of alkyl halides is 3. The lowest BCUT2D eigenvalue weighted by atomic mass is 9.62. The van der Waals surface area contributed by atoms with Gasteiger partial charge in [0.05, 0.1) is 5.56 Å². The number of rotatable bonds is 1. The summed E-state index contributed by atoms with van der Waals surface area (Å²) in [5, 5.41) is 9.36. The highest BCUT2D eigenvalue weighted by atomic mass is 19.4. The first-order chi connectivity index (χ1) is 7.53. The van der Waals surface area contributed by atoms with E-state index in [4.69, 9.17) is 0 Å². The molecule has 0 aliphatic rings. The van der Waals surface area contributed by atoms with Crippen molar-refractivity contribution >= 4 is 12.4 Å². The molecule has 5 heteroatoms. The molecule has 1 N–H and O–H groups in total. The molecule has 1 aromatic rings. The van der Waals surface area contributed by atoms with E-state index in [0.29, 0.717) is 5.56 Å². The summed E-state index contributed by atoms with van der Waals surface area (Å²) in [7, 11) is 0. The maximum atomic E-state index is 12.9. The van der Waals surface area contributed by atoms with E-state index < -0.39 is 18.7 Å². The standard InChI is InChI=1S/C12H16BF3O/c1-11(2,3)8-5-6-10(13(4)17)9(7-8)12(14,15)16/h5-7,17H,1-4H3. The molecular formula is C12H16BF3O. The second-order valence-electron chi connectivity index (χ2n) is 5.23. The molecule has 1 nitrogen and oxygen atoms in total. The van der Waals surface area contributed by atoms with Crippen LogP contribution in [0.1, 0.15) is 31.9 Å². The van der Waals surface area contributed by atoms with Crippen molar-refractivity contribution in [3.63, 3.8) is 0 Å². The third kappa shape index (κ3) is 3.25. The van der Waals surface area contributed by atoms with Crippen molar-refractivity contribution in [1.29, 1.82) is 0 Å². The van der Waals surface area contributed by atoms with E-state index in [1.165, 1.54) is 12.9 Å². The molecule has 0 spiro atoms.